The molecule has 0 spiro atoms. The van der Waals surface area contributed by atoms with E-state index in [2.05, 4.69) is 5.10 Å². The van der Waals surface area contributed by atoms with Crippen LogP contribution in [-0.4, -0.2) is 41.6 Å². The van der Waals surface area contributed by atoms with Crippen LogP contribution in [0, 0.1) is 5.92 Å². The molecule has 96 valence electrons. The zero-order valence-corrected chi connectivity index (χ0v) is 10.9. The molecule has 0 saturated carbocycles. The van der Waals surface area contributed by atoms with Crippen molar-refractivity contribution in [2.75, 3.05) is 13.1 Å². The van der Waals surface area contributed by atoms with Crippen LogP contribution in [0.3, 0.4) is 0 Å². The monoisotopic (exact) mass is 258 g/mol. The maximum absolute atomic E-state index is 12.4. The average Bonchev–Trinajstić information content (AvgIpc) is 2.85. The molecule has 6 nitrogen and oxygen atoms in total. The second-order valence-corrected chi connectivity index (χ2v) is 6.50. The summed E-state index contributed by atoms with van der Waals surface area (Å²) < 4.78 is 27.7. The van der Waals surface area contributed by atoms with E-state index in [-0.39, 0.29) is 16.9 Å². The van der Waals surface area contributed by atoms with Gasteiger partial charge in [0.25, 0.3) is 0 Å². The number of rotatable bonds is 3. The van der Waals surface area contributed by atoms with Crippen LogP contribution >= 0.6 is 0 Å². The molecule has 1 saturated heterocycles. The summed E-state index contributed by atoms with van der Waals surface area (Å²) >= 11 is 0. The van der Waals surface area contributed by atoms with Crippen LogP contribution in [0.15, 0.2) is 17.3 Å². The molecule has 1 fully saturated rings. The van der Waals surface area contributed by atoms with E-state index < -0.39 is 10.0 Å². The van der Waals surface area contributed by atoms with Crippen LogP contribution in [0.25, 0.3) is 0 Å². The first kappa shape index (κ1) is 12.5. The van der Waals surface area contributed by atoms with Crippen molar-refractivity contribution in [1.29, 1.82) is 0 Å². The van der Waals surface area contributed by atoms with Crippen molar-refractivity contribution in [2.45, 2.75) is 24.3 Å². The highest BCUT2D eigenvalue weighted by atomic mass is 32.2. The number of sulfonamides is 1. The fraction of sp³-hybridized carbons (Fsp3) is 0.700. The zero-order valence-electron chi connectivity index (χ0n) is 10.1. The Morgan fingerprint density at radius 2 is 2.29 bits per heavy atom. The maximum atomic E-state index is 12.4. The molecule has 1 aromatic heterocycles. The van der Waals surface area contributed by atoms with Crippen LogP contribution in [0.4, 0.5) is 0 Å². The van der Waals surface area contributed by atoms with Gasteiger partial charge in [-0.1, -0.05) is 0 Å². The summed E-state index contributed by atoms with van der Waals surface area (Å²) in [6.07, 6.45) is 3.74. The summed E-state index contributed by atoms with van der Waals surface area (Å²) in [4.78, 5) is 0.254. The minimum absolute atomic E-state index is 0.00811. The molecule has 1 aliphatic heterocycles. The van der Waals surface area contributed by atoms with Crippen molar-refractivity contribution in [3.8, 4) is 0 Å². The molecule has 1 aromatic rings. The Bertz CT molecular complexity index is 496. The van der Waals surface area contributed by atoms with Crippen LogP contribution in [0.1, 0.15) is 13.3 Å². The molecule has 2 rings (SSSR count). The highest BCUT2D eigenvalue weighted by Gasteiger charge is 2.37. The van der Waals surface area contributed by atoms with Gasteiger partial charge in [-0.15, -0.1) is 0 Å². The van der Waals surface area contributed by atoms with Gasteiger partial charge in [-0.05, 0) is 25.8 Å². The van der Waals surface area contributed by atoms with Gasteiger partial charge < -0.3 is 5.73 Å². The van der Waals surface area contributed by atoms with E-state index in [1.165, 1.54) is 21.4 Å². The third-order valence-electron chi connectivity index (χ3n) is 3.23. The average molecular weight is 258 g/mol. The van der Waals surface area contributed by atoms with Crippen LogP contribution < -0.4 is 5.73 Å². The molecule has 0 aromatic carbocycles. The lowest BCUT2D eigenvalue weighted by molar-refractivity contribution is 0.404. The van der Waals surface area contributed by atoms with Crippen molar-refractivity contribution in [3.63, 3.8) is 0 Å². The molecule has 2 atom stereocenters. The summed E-state index contributed by atoms with van der Waals surface area (Å²) in [6, 6.07) is 0.00811. The van der Waals surface area contributed by atoms with E-state index in [0.717, 1.165) is 6.42 Å². The van der Waals surface area contributed by atoms with Crippen molar-refractivity contribution in [1.82, 2.24) is 14.1 Å². The van der Waals surface area contributed by atoms with E-state index in [1.807, 2.05) is 6.92 Å². The third-order valence-corrected chi connectivity index (χ3v) is 5.16. The highest BCUT2D eigenvalue weighted by Crippen LogP contribution is 2.28. The van der Waals surface area contributed by atoms with Crippen molar-refractivity contribution in [3.05, 3.63) is 12.4 Å². The largest absolute Gasteiger partial charge is 0.330 e. The van der Waals surface area contributed by atoms with Gasteiger partial charge in [0.1, 0.15) is 4.90 Å². The first-order valence-electron chi connectivity index (χ1n) is 5.65. The van der Waals surface area contributed by atoms with Crippen LogP contribution in [0.5, 0.6) is 0 Å². The van der Waals surface area contributed by atoms with Gasteiger partial charge >= 0.3 is 0 Å². The van der Waals surface area contributed by atoms with Gasteiger partial charge in [-0.25, -0.2) is 8.42 Å². The Morgan fingerprint density at radius 1 is 1.59 bits per heavy atom. The summed E-state index contributed by atoms with van der Waals surface area (Å²) in [5.74, 6) is 0.261. The smallest absolute Gasteiger partial charge is 0.246 e. The van der Waals surface area contributed by atoms with Gasteiger partial charge in [0.05, 0.1) is 6.20 Å². The Hall–Kier alpha value is -0.920. The fourth-order valence-electron chi connectivity index (χ4n) is 2.28. The minimum Gasteiger partial charge on any atom is -0.330 e. The molecule has 0 amide bonds. The quantitative estimate of drug-likeness (QED) is 0.812. The molecule has 0 bridgehead atoms. The van der Waals surface area contributed by atoms with E-state index in [4.69, 9.17) is 5.73 Å². The number of hydrogen-bond acceptors (Lipinski definition) is 4. The zero-order chi connectivity index (χ0) is 12.6. The Balaban J connectivity index is 2.28. The van der Waals surface area contributed by atoms with Gasteiger partial charge in [0.2, 0.25) is 10.0 Å². The predicted molar refractivity (Wildman–Crippen MR) is 63.7 cm³/mol. The number of aryl methyl sites for hydroxylation is 1. The standard InChI is InChI=1S/C10H18N4O2S/c1-8-3-9(4-11)6-14(8)17(15,16)10-5-12-13(2)7-10/h5,7-9H,3-4,6,11H2,1-2H3. The van der Waals surface area contributed by atoms with Gasteiger partial charge in [0, 0.05) is 25.8 Å². The molecule has 2 heterocycles. The maximum Gasteiger partial charge on any atom is 0.246 e. The lowest BCUT2D eigenvalue weighted by Gasteiger charge is -2.19. The molecule has 0 radical (unpaired) electrons. The van der Waals surface area contributed by atoms with E-state index in [1.54, 1.807) is 7.05 Å². The second-order valence-electron chi connectivity index (χ2n) is 4.61. The highest BCUT2D eigenvalue weighted by molar-refractivity contribution is 7.89. The van der Waals surface area contributed by atoms with E-state index in [9.17, 15) is 8.42 Å². The molecule has 0 aliphatic carbocycles. The van der Waals surface area contributed by atoms with Crippen molar-refractivity contribution in [2.24, 2.45) is 18.7 Å². The summed E-state index contributed by atoms with van der Waals surface area (Å²) in [5.41, 5.74) is 5.61. The molecular weight excluding hydrogens is 240 g/mol. The second kappa shape index (κ2) is 4.40. The van der Waals surface area contributed by atoms with Crippen molar-refractivity contribution >= 4 is 10.0 Å². The molecule has 7 heteroatoms. The lowest BCUT2D eigenvalue weighted by Crippen LogP contribution is -2.34. The number of aromatic nitrogens is 2. The normalized spacial score (nSPS) is 26.5. The summed E-state index contributed by atoms with van der Waals surface area (Å²) in [5, 5.41) is 3.90. The van der Waals surface area contributed by atoms with Gasteiger partial charge in [-0.2, -0.15) is 9.40 Å². The SMILES string of the molecule is CC1CC(CN)CN1S(=O)(=O)c1cnn(C)c1. The summed E-state index contributed by atoms with van der Waals surface area (Å²) in [7, 11) is -1.71. The Kier molecular flexibility index (Phi) is 3.24. The molecular formula is C10H18N4O2S. The van der Waals surface area contributed by atoms with Crippen LogP contribution in [-0.2, 0) is 17.1 Å². The van der Waals surface area contributed by atoms with Gasteiger partial charge in [-0.3, -0.25) is 4.68 Å². The number of nitrogens with two attached hydrogens (primary N) is 1. The molecule has 2 N–H and O–H groups in total. The third kappa shape index (κ3) is 2.22. The Labute approximate surface area is 101 Å². The fourth-order valence-corrected chi connectivity index (χ4v) is 3.99. The lowest BCUT2D eigenvalue weighted by atomic mass is 10.1. The Morgan fingerprint density at radius 3 is 2.76 bits per heavy atom. The molecule has 1 aliphatic rings. The van der Waals surface area contributed by atoms with Crippen molar-refractivity contribution < 1.29 is 8.42 Å². The molecule has 2 unspecified atom stereocenters. The predicted octanol–water partition coefficient (Wildman–Crippen LogP) is -0.222. The number of nitrogens with zero attached hydrogens (tertiary/aromatic N) is 3. The summed E-state index contributed by atoms with van der Waals surface area (Å²) in [6.45, 7) is 2.96. The first-order valence-corrected chi connectivity index (χ1v) is 7.09. The molecule has 17 heavy (non-hydrogen) atoms. The van der Waals surface area contributed by atoms with Crippen LogP contribution in [0.2, 0.25) is 0 Å². The number of hydrogen-bond donors (Lipinski definition) is 1. The van der Waals surface area contributed by atoms with Gasteiger partial charge in [0.15, 0.2) is 0 Å². The topological polar surface area (TPSA) is 81.2 Å². The first-order chi connectivity index (χ1) is 7.95. The van der Waals surface area contributed by atoms with E-state index in [0.29, 0.717) is 13.1 Å². The minimum atomic E-state index is -3.42. The van der Waals surface area contributed by atoms with E-state index >= 15 is 0 Å².